The first kappa shape index (κ1) is 16.5. The van der Waals surface area contributed by atoms with Crippen molar-refractivity contribution in [3.05, 3.63) is 47.5 Å². The van der Waals surface area contributed by atoms with Gasteiger partial charge in [0.1, 0.15) is 16.4 Å². The largest absolute Gasteiger partial charge is 0.497 e. The van der Waals surface area contributed by atoms with Crippen LogP contribution in [0.3, 0.4) is 0 Å². The van der Waals surface area contributed by atoms with Gasteiger partial charge in [0.2, 0.25) is 0 Å². The second-order valence-electron chi connectivity index (χ2n) is 4.36. The topological polar surface area (TPSA) is 64.6 Å². The van der Waals surface area contributed by atoms with E-state index in [0.717, 1.165) is 0 Å². The molecule has 118 valence electrons. The monoisotopic (exact) mass is 341 g/mol. The lowest BCUT2D eigenvalue weighted by molar-refractivity contribution is 0.331. The Bertz CT molecular complexity index is 745. The first-order chi connectivity index (χ1) is 10.5. The molecule has 22 heavy (non-hydrogen) atoms. The van der Waals surface area contributed by atoms with Gasteiger partial charge in [-0.1, -0.05) is 11.6 Å². The van der Waals surface area contributed by atoms with E-state index in [1.807, 2.05) is 0 Å². The summed E-state index contributed by atoms with van der Waals surface area (Å²) < 4.78 is 37.9. The van der Waals surface area contributed by atoms with Crippen LogP contribution >= 0.6 is 11.6 Å². The molecule has 0 saturated carbocycles. The number of methoxy groups -OCH3 is 1. The number of nitrogens with one attached hydrogen (secondary N) is 1. The van der Waals surface area contributed by atoms with Gasteiger partial charge in [0.25, 0.3) is 10.0 Å². The molecule has 2 aromatic rings. The summed E-state index contributed by atoms with van der Waals surface area (Å²) in [6.45, 7) is 2.13. The number of sulfonamides is 1. The van der Waals surface area contributed by atoms with Gasteiger partial charge in [-0.2, -0.15) is 0 Å². The molecule has 0 spiro atoms. The van der Waals surface area contributed by atoms with Gasteiger partial charge in [0, 0.05) is 10.7 Å². The van der Waals surface area contributed by atoms with E-state index in [9.17, 15) is 8.42 Å². The number of halogens is 1. The Kier molecular flexibility index (Phi) is 5.15. The zero-order valence-corrected chi connectivity index (χ0v) is 13.7. The summed E-state index contributed by atoms with van der Waals surface area (Å²) in [6, 6.07) is 11.0. The Labute approximate surface area is 134 Å². The third-order valence-corrected chi connectivity index (χ3v) is 4.47. The summed E-state index contributed by atoms with van der Waals surface area (Å²) >= 11 is 5.90. The van der Waals surface area contributed by atoms with Crippen LogP contribution in [-0.4, -0.2) is 22.1 Å². The molecule has 0 aliphatic rings. The van der Waals surface area contributed by atoms with Gasteiger partial charge in [-0.25, -0.2) is 8.42 Å². The van der Waals surface area contributed by atoms with Crippen molar-refractivity contribution in [3.8, 4) is 11.5 Å². The third kappa shape index (κ3) is 3.84. The van der Waals surface area contributed by atoms with Gasteiger partial charge in [0.15, 0.2) is 0 Å². The van der Waals surface area contributed by atoms with Crippen LogP contribution in [0.5, 0.6) is 11.5 Å². The van der Waals surface area contributed by atoms with Crippen molar-refractivity contribution in [1.29, 1.82) is 0 Å². The molecule has 0 atom stereocenters. The van der Waals surface area contributed by atoms with E-state index >= 15 is 0 Å². The van der Waals surface area contributed by atoms with Crippen LogP contribution in [0.2, 0.25) is 5.02 Å². The molecule has 7 heteroatoms. The zero-order chi connectivity index (χ0) is 16.2. The van der Waals surface area contributed by atoms with Crippen LogP contribution in [-0.2, 0) is 10.0 Å². The van der Waals surface area contributed by atoms with Gasteiger partial charge < -0.3 is 9.47 Å². The molecule has 2 aromatic carbocycles. The second kappa shape index (κ2) is 6.89. The van der Waals surface area contributed by atoms with E-state index in [2.05, 4.69) is 4.72 Å². The minimum Gasteiger partial charge on any atom is -0.497 e. The van der Waals surface area contributed by atoms with Crippen molar-refractivity contribution in [1.82, 2.24) is 0 Å². The minimum atomic E-state index is -3.81. The SMILES string of the molecule is CCOc1ccc(Cl)cc1S(=O)(=O)Nc1ccc(OC)cc1. The molecule has 2 rings (SSSR count). The maximum atomic E-state index is 12.5. The minimum absolute atomic E-state index is 0.00216. The summed E-state index contributed by atoms with van der Waals surface area (Å²) in [4.78, 5) is -0.00216. The van der Waals surface area contributed by atoms with E-state index in [0.29, 0.717) is 23.1 Å². The van der Waals surface area contributed by atoms with E-state index in [4.69, 9.17) is 21.1 Å². The van der Waals surface area contributed by atoms with E-state index < -0.39 is 10.0 Å². The first-order valence-corrected chi connectivity index (χ1v) is 8.41. The predicted molar refractivity (Wildman–Crippen MR) is 86.4 cm³/mol. The fraction of sp³-hybridized carbons (Fsp3) is 0.200. The highest BCUT2D eigenvalue weighted by Crippen LogP contribution is 2.29. The molecule has 1 N–H and O–H groups in total. The normalized spacial score (nSPS) is 11.0. The molecule has 0 amide bonds. The molecular weight excluding hydrogens is 326 g/mol. The molecule has 0 aromatic heterocycles. The number of hydrogen-bond donors (Lipinski definition) is 1. The fourth-order valence-corrected chi connectivity index (χ4v) is 3.30. The molecule has 0 saturated heterocycles. The summed E-state index contributed by atoms with van der Waals surface area (Å²) in [6.07, 6.45) is 0. The summed E-state index contributed by atoms with van der Waals surface area (Å²) in [7, 11) is -2.27. The number of hydrogen-bond acceptors (Lipinski definition) is 4. The molecular formula is C15H16ClNO4S. The summed E-state index contributed by atoms with van der Waals surface area (Å²) in [5.41, 5.74) is 0.420. The molecule has 5 nitrogen and oxygen atoms in total. The Morgan fingerprint density at radius 1 is 1.14 bits per heavy atom. The van der Waals surface area contributed by atoms with Crippen molar-refractivity contribution in [3.63, 3.8) is 0 Å². The Balaban J connectivity index is 2.35. The van der Waals surface area contributed by atoms with Crippen LogP contribution in [0, 0.1) is 0 Å². The highest BCUT2D eigenvalue weighted by atomic mass is 35.5. The fourth-order valence-electron chi connectivity index (χ4n) is 1.84. The molecule has 0 aliphatic carbocycles. The van der Waals surface area contributed by atoms with Crippen LogP contribution < -0.4 is 14.2 Å². The molecule has 0 bridgehead atoms. The van der Waals surface area contributed by atoms with E-state index in [-0.39, 0.29) is 10.6 Å². The maximum Gasteiger partial charge on any atom is 0.265 e. The highest BCUT2D eigenvalue weighted by molar-refractivity contribution is 7.92. The lowest BCUT2D eigenvalue weighted by Crippen LogP contribution is -2.14. The van der Waals surface area contributed by atoms with Gasteiger partial charge in [0.05, 0.1) is 13.7 Å². The van der Waals surface area contributed by atoms with Crippen LogP contribution in [0.4, 0.5) is 5.69 Å². The Morgan fingerprint density at radius 3 is 2.41 bits per heavy atom. The van der Waals surface area contributed by atoms with Crippen molar-refractivity contribution in [2.75, 3.05) is 18.4 Å². The molecule has 0 heterocycles. The van der Waals surface area contributed by atoms with Gasteiger partial charge in [-0.3, -0.25) is 4.72 Å². The average molecular weight is 342 g/mol. The number of anilines is 1. The standard InChI is InChI=1S/C15H16ClNO4S/c1-3-21-14-9-4-11(16)10-15(14)22(18,19)17-12-5-7-13(20-2)8-6-12/h4-10,17H,3H2,1-2H3. The number of rotatable bonds is 6. The first-order valence-electron chi connectivity index (χ1n) is 6.55. The highest BCUT2D eigenvalue weighted by Gasteiger charge is 2.20. The quantitative estimate of drug-likeness (QED) is 0.872. The maximum absolute atomic E-state index is 12.5. The van der Waals surface area contributed by atoms with Gasteiger partial charge >= 0.3 is 0 Å². The number of ether oxygens (including phenoxy) is 2. The smallest absolute Gasteiger partial charge is 0.265 e. The molecule has 0 fully saturated rings. The van der Waals surface area contributed by atoms with Gasteiger partial charge in [-0.05, 0) is 49.4 Å². The third-order valence-electron chi connectivity index (χ3n) is 2.84. The lowest BCUT2D eigenvalue weighted by atomic mass is 10.3. The Morgan fingerprint density at radius 2 is 1.82 bits per heavy atom. The predicted octanol–water partition coefficient (Wildman–Crippen LogP) is 3.55. The second-order valence-corrected chi connectivity index (χ2v) is 6.45. The van der Waals surface area contributed by atoms with E-state index in [1.54, 1.807) is 44.4 Å². The van der Waals surface area contributed by atoms with Crippen molar-refractivity contribution in [2.45, 2.75) is 11.8 Å². The van der Waals surface area contributed by atoms with Gasteiger partial charge in [-0.15, -0.1) is 0 Å². The number of benzene rings is 2. The van der Waals surface area contributed by atoms with Crippen LogP contribution in [0.25, 0.3) is 0 Å². The van der Waals surface area contributed by atoms with Crippen molar-refractivity contribution < 1.29 is 17.9 Å². The molecule has 0 radical (unpaired) electrons. The van der Waals surface area contributed by atoms with Crippen molar-refractivity contribution >= 4 is 27.3 Å². The van der Waals surface area contributed by atoms with E-state index in [1.165, 1.54) is 12.1 Å². The van der Waals surface area contributed by atoms with Crippen LogP contribution in [0.15, 0.2) is 47.4 Å². The summed E-state index contributed by atoms with van der Waals surface area (Å²) in [5.74, 6) is 0.897. The Hall–Kier alpha value is -1.92. The zero-order valence-electron chi connectivity index (χ0n) is 12.2. The summed E-state index contributed by atoms with van der Waals surface area (Å²) in [5, 5.41) is 0.318. The van der Waals surface area contributed by atoms with Crippen LogP contribution in [0.1, 0.15) is 6.92 Å². The average Bonchev–Trinajstić information content (AvgIpc) is 2.49. The molecule has 0 aliphatic heterocycles. The van der Waals surface area contributed by atoms with Crippen molar-refractivity contribution in [2.24, 2.45) is 0 Å². The molecule has 0 unspecified atom stereocenters. The lowest BCUT2D eigenvalue weighted by Gasteiger charge is -2.13.